The van der Waals surface area contributed by atoms with Crippen molar-refractivity contribution in [2.24, 2.45) is 5.92 Å². The highest BCUT2D eigenvalue weighted by Gasteiger charge is 2.36. The molecule has 6 heteroatoms. The number of pyridine rings is 1. The molecule has 28 heavy (non-hydrogen) atoms. The van der Waals surface area contributed by atoms with E-state index in [2.05, 4.69) is 40.2 Å². The fraction of sp³-hybridized carbons (Fsp3) is 0.455. The number of fused-ring (bicyclic) bond motifs is 1. The highest BCUT2D eigenvalue weighted by atomic mass is 16.5. The van der Waals surface area contributed by atoms with Crippen molar-refractivity contribution in [2.45, 2.75) is 19.0 Å². The molecule has 148 valence electrons. The Kier molecular flexibility index (Phi) is 5.88. The predicted octanol–water partition coefficient (Wildman–Crippen LogP) is 2.45. The van der Waals surface area contributed by atoms with Gasteiger partial charge in [-0.2, -0.15) is 0 Å². The second kappa shape index (κ2) is 8.71. The fourth-order valence-electron chi connectivity index (χ4n) is 4.26. The van der Waals surface area contributed by atoms with E-state index in [1.54, 1.807) is 25.4 Å². The fourth-order valence-corrected chi connectivity index (χ4v) is 4.26. The molecule has 0 N–H and O–H groups in total. The molecule has 2 saturated heterocycles. The van der Waals surface area contributed by atoms with Crippen molar-refractivity contribution in [3.8, 4) is 5.88 Å². The van der Waals surface area contributed by atoms with Gasteiger partial charge in [0.15, 0.2) is 0 Å². The maximum absolute atomic E-state index is 12.9. The number of hydrogen-bond donors (Lipinski definition) is 0. The number of carbonyl (C=O) groups is 1. The van der Waals surface area contributed by atoms with E-state index in [-0.39, 0.29) is 5.91 Å². The van der Waals surface area contributed by atoms with Crippen molar-refractivity contribution in [3.05, 3.63) is 59.8 Å². The number of amides is 1. The third kappa shape index (κ3) is 4.18. The zero-order valence-corrected chi connectivity index (χ0v) is 16.3. The molecule has 4 rings (SSSR count). The van der Waals surface area contributed by atoms with E-state index in [1.807, 2.05) is 4.90 Å². The summed E-state index contributed by atoms with van der Waals surface area (Å²) in [5.41, 5.74) is 1.93. The molecule has 1 aromatic carbocycles. The molecule has 6 nitrogen and oxygen atoms in total. The normalized spacial score (nSPS) is 23.0. The van der Waals surface area contributed by atoms with Gasteiger partial charge in [0.25, 0.3) is 5.91 Å². The van der Waals surface area contributed by atoms with Gasteiger partial charge < -0.3 is 14.4 Å². The van der Waals surface area contributed by atoms with Crippen LogP contribution in [0.5, 0.6) is 5.88 Å². The number of rotatable bonds is 4. The predicted molar refractivity (Wildman–Crippen MR) is 106 cm³/mol. The van der Waals surface area contributed by atoms with Crippen molar-refractivity contribution in [1.82, 2.24) is 14.8 Å². The molecule has 0 aliphatic carbocycles. The number of ether oxygens (including phenoxy) is 2. The monoisotopic (exact) mass is 381 g/mol. The van der Waals surface area contributed by atoms with Crippen molar-refractivity contribution in [2.75, 3.05) is 40.0 Å². The van der Waals surface area contributed by atoms with Gasteiger partial charge in [-0.05, 0) is 18.1 Å². The van der Waals surface area contributed by atoms with Crippen LogP contribution in [-0.2, 0) is 11.3 Å². The Morgan fingerprint density at radius 2 is 2.07 bits per heavy atom. The van der Waals surface area contributed by atoms with Crippen LogP contribution in [0.25, 0.3) is 0 Å². The summed E-state index contributed by atoms with van der Waals surface area (Å²) < 4.78 is 11.0. The van der Waals surface area contributed by atoms with Gasteiger partial charge in [-0.1, -0.05) is 30.3 Å². The summed E-state index contributed by atoms with van der Waals surface area (Å²) in [6, 6.07) is 14.5. The van der Waals surface area contributed by atoms with E-state index >= 15 is 0 Å². The topological polar surface area (TPSA) is 54.9 Å². The van der Waals surface area contributed by atoms with Crippen LogP contribution in [0, 0.1) is 5.92 Å². The highest BCUT2D eigenvalue weighted by molar-refractivity contribution is 5.94. The molecule has 0 radical (unpaired) electrons. The summed E-state index contributed by atoms with van der Waals surface area (Å²) in [4.78, 5) is 21.6. The van der Waals surface area contributed by atoms with Gasteiger partial charge in [-0.15, -0.1) is 0 Å². The van der Waals surface area contributed by atoms with E-state index in [4.69, 9.17) is 9.47 Å². The Morgan fingerprint density at radius 1 is 1.21 bits per heavy atom. The second-order valence-electron chi connectivity index (χ2n) is 7.49. The SMILES string of the molecule is COc1ccc(C(=O)N2CC[C@@H]3[C@@H](COCCN3Cc3ccccc3)C2)cn1. The van der Waals surface area contributed by atoms with E-state index in [0.717, 1.165) is 39.2 Å². The number of nitrogens with zero attached hydrogens (tertiary/aromatic N) is 3. The van der Waals surface area contributed by atoms with E-state index < -0.39 is 0 Å². The molecule has 3 heterocycles. The molecule has 2 atom stereocenters. The van der Waals surface area contributed by atoms with Crippen LogP contribution < -0.4 is 4.74 Å². The molecule has 2 aliphatic heterocycles. The van der Waals surface area contributed by atoms with Crippen molar-refractivity contribution < 1.29 is 14.3 Å². The lowest BCUT2D eigenvalue weighted by Gasteiger charge is -2.42. The number of piperidine rings is 1. The van der Waals surface area contributed by atoms with Crippen LogP contribution in [-0.4, -0.2) is 66.7 Å². The Labute approximate surface area is 166 Å². The van der Waals surface area contributed by atoms with Gasteiger partial charge in [-0.25, -0.2) is 4.98 Å². The first-order valence-corrected chi connectivity index (χ1v) is 9.89. The number of benzene rings is 1. The maximum Gasteiger partial charge on any atom is 0.255 e. The zero-order valence-electron chi connectivity index (χ0n) is 16.3. The minimum absolute atomic E-state index is 0.0347. The van der Waals surface area contributed by atoms with Crippen LogP contribution in [0.3, 0.4) is 0 Å². The summed E-state index contributed by atoms with van der Waals surface area (Å²) in [5, 5.41) is 0. The minimum atomic E-state index is 0.0347. The number of methoxy groups -OCH3 is 1. The first-order valence-electron chi connectivity index (χ1n) is 9.89. The standard InChI is InChI=1S/C22H27N3O3/c1-27-21-8-7-18(13-23-21)22(26)25-10-9-20-19(15-25)16-28-12-11-24(20)14-17-5-3-2-4-6-17/h2-8,13,19-20H,9-12,14-16H2,1H3/t19-,20-/m1/s1. The second-order valence-corrected chi connectivity index (χ2v) is 7.49. The minimum Gasteiger partial charge on any atom is -0.481 e. The highest BCUT2D eigenvalue weighted by Crippen LogP contribution is 2.27. The number of hydrogen-bond acceptors (Lipinski definition) is 5. The molecule has 2 aromatic rings. The Bertz CT molecular complexity index is 781. The lowest BCUT2D eigenvalue weighted by molar-refractivity contribution is 0.0370. The van der Waals surface area contributed by atoms with Crippen LogP contribution in [0.15, 0.2) is 48.7 Å². The third-order valence-corrected chi connectivity index (χ3v) is 5.73. The van der Waals surface area contributed by atoms with E-state index in [0.29, 0.717) is 30.0 Å². The molecular formula is C22H27N3O3. The Morgan fingerprint density at radius 3 is 2.82 bits per heavy atom. The molecular weight excluding hydrogens is 354 g/mol. The molecule has 0 unspecified atom stereocenters. The van der Waals surface area contributed by atoms with E-state index in [9.17, 15) is 4.79 Å². The van der Waals surface area contributed by atoms with Crippen LogP contribution in [0.1, 0.15) is 22.3 Å². The lowest BCUT2D eigenvalue weighted by atomic mass is 9.90. The van der Waals surface area contributed by atoms with Crippen LogP contribution >= 0.6 is 0 Å². The first-order chi connectivity index (χ1) is 13.7. The smallest absolute Gasteiger partial charge is 0.255 e. The molecule has 1 aromatic heterocycles. The van der Waals surface area contributed by atoms with Gasteiger partial charge >= 0.3 is 0 Å². The molecule has 0 spiro atoms. The first kappa shape index (κ1) is 18.9. The molecule has 0 bridgehead atoms. The zero-order chi connectivity index (χ0) is 19.3. The van der Waals surface area contributed by atoms with Crippen LogP contribution in [0.4, 0.5) is 0 Å². The lowest BCUT2D eigenvalue weighted by Crippen LogP contribution is -2.52. The van der Waals surface area contributed by atoms with Gasteiger partial charge in [-0.3, -0.25) is 9.69 Å². The summed E-state index contributed by atoms with van der Waals surface area (Å²) in [5.74, 6) is 0.881. The summed E-state index contributed by atoms with van der Waals surface area (Å²) in [6.07, 6.45) is 2.56. The number of aromatic nitrogens is 1. The van der Waals surface area contributed by atoms with Gasteiger partial charge in [0.1, 0.15) is 0 Å². The average Bonchev–Trinajstić information content (AvgIpc) is 2.96. The number of carbonyl (C=O) groups excluding carboxylic acids is 1. The molecule has 2 fully saturated rings. The third-order valence-electron chi connectivity index (χ3n) is 5.73. The maximum atomic E-state index is 12.9. The van der Waals surface area contributed by atoms with Gasteiger partial charge in [0.05, 0.1) is 25.9 Å². The van der Waals surface area contributed by atoms with E-state index in [1.165, 1.54) is 5.56 Å². The van der Waals surface area contributed by atoms with Crippen molar-refractivity contribution >= 4 is 5.91 Å². The largest absolute Gasteiger partial charge is 0.481 e. The molecule has 1 amide bonds. The molecule has 0 saturated carbocycles. The van der Waals surface area contributed by atoms with Crippen molar-refractivity contribution in [1.29, 1.82) is 0 Å². The van der Waals surface area contributed by atoms with Crippen LogP contribution in [0.2, 0.25) is 0 Å². The number of likely N-dealkylation sites (tertiary alicyclic amines) is 1. The summed E-state index contributed by atoms with van der Waals surface area (Å²) in [6.45, 7) is 4.81. The summed E-state index contributed by atoms with van der Waals surface area (Å²) >= 11 is 0. The van der Waals surface area contributed by atoms with Crippen molar-refractivity contribution in [3.63, 3.8) is 0 Å². The summed E-state index contributed by atoms with van der Waals surface area (Å²) in [7, 11) is 1.57. The quantitative estimate of drug-likeness (QED) is 0.814. The van der Waals surface area contributed by atoms with Gasteiger partial charge in [0.2, 0.25) is 5.88 Å². The van der Waals surface area contributed by atoms with Gasteiger partial charge in [0, 0.05) is 50.4 Å². The molecule has 2 aliphatic rings. The average molecular weight is 381 g/mol. The Balaban J connectivity index is 1.44. The Hall–Kier alpha value is -2.44.